The molecule has 0 unspecified atom stereocenters. The van der Waals surface area contributed by atoms with Crippen molar-refractivity contribution in [1.29, 1.82) is 0 Å². The number of benzene rings is 2. The molecule has 5 nitrogen and oxygen atoms in total. The van der Waals surface area contributed by atoms with Crippen molar-refractivity contribution in [2.75, 3.05) is 5.32 Å². The first-order chi connectivity index (χ1) is 12.2. The Hall–Kier alpha value is -3.36. The average molecular weight is 368 g/mol. The first-order valence-corrected chi connectivity index (χ1v) is 7.08. The fourth-order valence-electron chi connectivity index (χ4n) is 1.97. The number of carboxylic acids is 1. The van der Waals surface area contributed by atoms with Crippen LogP contribution in [0.2, 0.25) is 0 Å². The Morgan fingerprint density at radius 3 is 2.27 bits per heavy atom. The van der Waals surface area contributed by atoms with Crippen LogP contribution in [0.5, 0.6) is 5.75 Å². The molecule has 3 aromatic rings. The van der Waals surface area contributed by atoms with Crippen LogP contribution < -0.4 is 5.32 Å². The molecule has 0 saturated heterocycles. The number of rotatable bonds is 2. The van der Waals surface area contributed by atoms with E-state index < -0.39 is 12.1 Å². The Bertz CT molecular complexity index is 929. The van der Waals surface area contributed by atoms with E-state index in [1.54, 1.807) is 42.6 Å². The molecule has 0 bridgehead atoms. The zero-order valence-corrected chi connectivity index (χ0v) is 13.0. The minimum Gasteiger partial charge on any atom is -0.506 e. The van der Waals surface area contributed by atoms with Gasteiger partial charge < -0.3 is 15.5 Å². The van der Waals surface area contributed by atoms with E-state index in [9.17, 15) is 22.7 Å². The number of nitrogens with zero attached hydrogens (tertiary/aromatic N) is 1. The molecule has 0 radical (unpaired) electrons. The normalized spacial score (nSPS) is 10.8. The van der Waals surface area contributed by atoms with Gasteiger partial charge in [-0.15, -0.1) is 0 Å². The summed E-state index contributed by atoms with van der Waals surface area (Å²) >= 11 is 0. The number of pyridine rings is 1. The molecule has 0 spiro atoms. The van der Waals surface area contributed by atoms with Crippen molar-refractivity contribution in [2.45, 2.75) is 6.18 Å². The molecule has 0 aliphatic rings. The lowest BCUT2D eigenvalue weighted by atomic mass is 10.1. The minimum atomic E-state index is -5.08. The number of carbonyl (C=O) groups is 1. The van der Waals surface area contributed by atoms with Gasteiger partial charge in [0.25, 0.3) is 0 Å². The van der Waals surface area contributed by atoms with Gasteiger partial charge in [-0.05, 0) is 36.4 Å². The molecule has 9 heteroatoms. The molecule has 0 fully saturated rings. The molecule has 0 amide bonds. The highest BCUT2D eigenvalue weighted by atomic mass is 19.4. The summed E-state index contributed by atoms with van der Waals surface area (Å²) in [5.41, 5.74) is 1.58. The largest absolute Gasteiger partial charge is 0.506 e. The highest BCUT2D eigenvalue weighted by molar-refractivity contribution is 5.96. The molecule has 3 N–H and O–H groups in total. The third-order valence-corrected chi connectivity index (χ3v) is 3.13. The molecule has 1 heterocycles. The van der Waals surface area contributed by atoms with E-state index in [1.165, 1.54) is 6.07 Å². The standard InChI is InChI=1S/C15H11FN2O.C2HF3O2/c16-11-5-1-2-6-13(11)18-12-7-8-14(19)15-10(12)4-3-9-17-15;3-2(4,5)1(6)7/h1-9,18-19H;(H,6,7). The first-order valence-electron chi connectivity index (χ1n) is 7.08. The molecule has 0 atom stereocenters. The first kappa shape index (κ1) is 19.0. The van der Waals surface area contributed by atoms with Gasteiger partial charge in [-0.25, -0.2) is 9.18 Å². The summed E-state index contributed by atoms with van der Waals surface area (Å²) < 4.78 is 45.4. The number of nitrogens with one attached hydrogen (secondary N) is 1. The molecular weight excluding hydrogens is 356 g/mol. The number of aliphatic carboxylic acids is 1. The second-order valence-corrected chi connectivity index (χ2v) is 4.94. The highest BCUT2D eigenvalue weighted by Gasteiger charge is 2.38. The molecule has 0 saturated carbocycles. The van der Waals surface area contributed by atoms with Gasteiger partial charge in [0.2, 0.25) is 0 Å². The third kappa shape index (κ3) is 4.59. The maximum atomic E-state index is 13.6. The van der Waals surface area contributed by atoms with Crippen LogP contribution >= 0.6 is 0 Å². The van der Waals surface area contributed by atoms with Crippen LogP contribution in [0.4, 0.5) is 28.9 Å². The Labute approximate surface area is 144 Å². The molecule has 3 rings (SSSR count). The number of hydrogen-bond donors (Lipinski definition) is 3. The van der Waals surface area contributed by atoms with Crippen molar-refractivity contribution in [3.05, 3.63) is 60.5 Å². The van der Waals surface area contributed by atoms with Crippen molar-refractivity contribution in [2.24, 2.45) is 0 Å². The van der Waals surface area contributed by atoms with Gasteiger partial charge in [-0.1, -0.05) is 12.1 Å². The van der Waals surface area contributed by atoms with Crippen LogP contribution in [0.1, 0.15) is 0 Å². The van der Waals surface area contributed by atoms with E-state index in [2.05, 4.69) is 10.3 Å². The van der Waals surface area contributed by atoms with Crippen molar-refractivity contribution in [3.8, 4) is 5.75 Å². The van der Waals surface area contributed by atoms with E-state index in [1.807, 2.05) is 6.07 Å². The maximum absolute atomic E-state index is 13.6. The number of anilines is 2. The maximum Gasteiger partial charge on any atom is 0.490 e. The Morgan fingerprint density at radius 1 is 1.00 bits per heavy atom. The molecular formula is C17H12F4N2O3. The van der Waals surface area contributed by atoms with E-state index in [0.717, 1.165) is 5.39 Å². The summed E-state index contributed by atoms with van der Waals surface area (Å²) in [6.07, 6.45) is -3.48. The number of halogens is 4. The van der Waals surface area contributed by atoms with Gasteiger partial charge in [0.1, 0.15) is 17.1 Å². The summed E-state index contributed by atoms with van der Waals surface area (Å²) in [5, 5.41) is 20.6. The number of hydrogen-bond acceptors (Lipinski definition) is 4. The Kier molecular flexibility index (Phi) is 5.61. The Morgan fingerprint density at radius 2 is 1.65 bits per heavy atom. The zero-order chi connectivity index (χ0) is 19.3. The SMILES string of the molecule is O=C(O)C(F)(F)F.Oc1ccc(Nc2ccccc2F)c2cccnc12. The second kappa shape index (κ2) is 7.68. The molecule has 136 valence electrons. The summed E-state index contributed by atoms with van der Waals surface area (Å²) in [6, 6.07) is 13.3. The highest BCUT2D eigenvalue weighted by Crippen LogP contribution is 2.31. The topological polar surface area (TPSA) is 82.5 Å². The fourth-order valence-corrected chi connectivity index (χ4v) is 1.97. The van der Waals surface area contributed by atoms with E-state index in [-0.39, 0.29) is 11.6 Å². The number of aromatic hydroxyl groups is 1. The number of alkyl halides is 3. The molecule has 0 aliphatic carbocycles. The van der Waals surface area contributed by atoms with E-state index in [0.29, 0.717) is 16.9 Å². The smallest absolute Gasteiger partial charge is 0.490 e. The molecule has 26 heavy (non-hydrogen) atoms. The molecule has 1 aromatic heterocycles. The van der Waals surface area contributed by atoms with Gasteiger partial charge in [0, 0.05) is 17.3 Å². The summed E-state index contributed by atoms with van der Waals surface area (Å²) in [7, 11) is 0. The number of phenolic OH excluding ortho intramolecular Hbond substituents is 1. The van der Waals surface area contributed by atoms with Crippen LogP contribution in [-0.2, 0) is 4.79 Å². The van der Waals surface area contributed by atoms with Crippen LogP contribution in [0.3, 0.4) is 0 Å². The van der Waals surface area contributed by atoms with Crippen molar-refractivity contribution < 1.29 is 32.6 Å². The fraction of sp³-hybridized carbons (Fsp3) is 0.0588. The number of fused-ring (bicyclic) bond motifs is 1. The minimum absolute atomic E-state index is 0.106. The second-order valence-electron chi connectivity index (χ2n) is 4.94. The number of phenols is 1. The van der Waals surface area contributed by atoms with Gasteiger partial charge >= 0.3 is 12.1 Å². The lowest BCUT2D eigenvalue weighted by Crippen LogP contribution is -2.21. The van der Waals surface area contributed by atoms with Crippen LogP contribution in [-0.4, -0.2) is 27.3 Å². The van der Waals surface area contributed by atoms with Gasteiger partial charge in [0.15, 0.2) is 0 Å². The zero-order valence-electron chi connectivity index (χ0n) is 13.0. The molecule has 2 aromatic carbocycles. The van der Waals surface area contributed by atoms with Gasteiger partial charge in [-0.2, -0.15) is 13.2 Å². The van der Waals surface area contributed by atoms with Gasteiger partial charge in [-0.3, -0.25) is 4.98 Å². The quantitative estimate of drug-likeness (QED) is 0.460. The van der Waals surface area contributed by atoms with Crippen molar-refractivity contribution in [3.63, 3.8) is 0 Å². The monoisotopic (exact) mass is 368 g/mol. The van der Waals surface area contributed by atoms with Crippen molar-refractivity contribution >= 4 is 28.2 Å². The summed E-state index contributed by atoms with van der Waals surface area (Å²) in [4.78, 5) is 13.0. The predicted molar refractivity (Wildman–Crippen MR) is 86.8 cm³/mol. The number of para-hydroxylation sites is 1. The van der Waals surface area contributed by atoms with Crippen LogP contribution in [0.15, 0.2) is 54.7 Å². The number of aromatic nitrogens is 1. The average Bonchev–Trinajstić information content (AvgIpc) is 2.59. The van der Waals surface area contributed by atoms with E-state index in [4.69, 9.17) is 9.90 Å². The third-order valence-electron chi connectivity index (χ3n) is 3.13. The molecule has 0 aliphatic heterocycles. The predicted octanol–water partition coefficient (Wildman–Crippen LogP) is 4.46. The summed E-state index contributed by atoms with van der Waals surface area (Å²) in [6.45, 7) is 0. The Balaban J connectivity index is 0.000000298. The van der Waals surface area contributed by atoms with Crippen LogP contribution in [0, 0.1) is 5.82 Å². The lowest BCUT2D eigenvalue weighted by Gasteiger charge is -2.10. The van der Waals surface area contributed by atoms with Gasteiger partial charge in [0.05, 0.1) is 5.69 Å². The van der Waals surface area contributed by atoms with Crippen molar-refractivity contribution in [1.82, 2.24) is 4.98 Å². The van der Waals surface area contributed by atoms with Crippen LogP contribution in [0.25, 0.3) is 10.9 Å². The van der Waals surface area contributed by atoms with E-state index >= 15 is 0 Å². The number of carboxylic acid groups (broad SMARTS) is 1. The lowest BCUT2D eigenvalue weighted by molar-refractivity contribution is -0.192. The summed E-state index contributed by atoms with van der Waals surface area (Å²) in [5.74, 6) is -2.98.